The molecule has 1 atom stereocenters. The van der Waals surface area contributed by atoms with Crippen LogP contribution in [-0.4, -0.2) is 12.6 Å². The Bertz CT molecular complexity index is 286. The lowest BCUT2D eigenvalue weighted by molar-refractivity contribution is -0.149. The lowest BCUT2D eigenvalue weighted by atomic mass is 9.94. The third-order valence-corrected chi connectivity index (χ3v) is 5.07. The number of hydrogen-bond donors (Lipinski definition) is 0. The minimum absolute atomic E-state index is 0.0783. The summed E-state index contributed by atoms with van der Waals surface area (Å²) in [5.41, 5.74) is 0. The molecule has 0 aliphatic rings. The van der Waals surface area contributed by atoms with Crippen LogP contribution in [-0.2, 0) is 9.53 Å². The fraction of sp³-hybridized carbons (Fsp3) is 0.957. The van der Waals surface area contributed by atoms with Gasteiger partial charge in [0.1, 0.15) is 0 Å². The van der Waals surface area contributed by atoms with Crippen LogP contribution in [0.1, 0.15) is 124 Å². The van der Waals surface area contributed by atoms with Crippen LogP contribution >= 0.6 is 0 Å². The van der Waals surface area contributed by atoms with Gasteiger partial charge in [-0.2, -0.15) is 0 Å². The SMILES string of the molecule is CCCCCCCCC(CCCCCC)C(=O)OCCCCC(C)C. The molecule has 150 valence electrons. The first-order valence-corrected chi connectivity index (χ1v) is 11.3. The molecular formula is C23H46O2. The Kier molecular flexibility index (Phi) is 17.9. The number of ether oxygens (including phenoxy) is 1. The summed E-state index contributed by atoms with van der Waals surface area (Å²) in [6, 6.07) is 0. The molecule has 0 saturated carbocycles. The fourth-order valence-corrected chi connectivity index (χ4v) is 3.31. The highest BCUT2D eigenvalue weighted by Gasteiger charge is 2.19. The van der Waals surface area contributed by atoms with Crippen molar-refractivity contribution in [3.8, 4) is 0 Å². The van der Waals surface area contributed by atoms with E-state index in [-0.39, 0.29) is 11.9 Å². The lowest BCUT2D eigenvalue weighted by Gasteiger charge is -2.16. The monoisotopic (exact) mass is 354 g/mol. The van der Waals surface area contributed by atoms with Crippen molar-refractivity contribution in [1.29, 1.82) is 0 Å². The Labute approximate surface area is 158 Å². The van der Waals surface area contributed by atoms with Gasteiger partial charge in [0.2, 0.25) is 0 Å². The molecule has 2 nitrogen and oxygen atoms in total. The van der Waals surface area contributed by atoms with Gasteiger partial charge in [-0.05, 0) is 31.6 Å². The van der Waals surface area contributed by atoms with Gasteiger partial charge < -0.3 is 4.74 Å². The highest BCUT2D eigenvalue weighted by molar-refractivity contribution is 5.72. The van der Waals surface area contributed by atoms with E-state index in [1.54, 1.807) is 0 Å². The zero-order valence-corrected chi connectivity index (χ0v) is 17.8. The second kappa shape index (κ2) is 18.3. The number of unbranched alkanes of at least 4 members (excludes halogenated alkanes) is 9. The van der Waals surface area contributed by atoms with Gasteiger partial charge in [0, 0.05) is 0 Å². The Balaban J connectivity index is 4.01. The lowest BCUT2D eigenvalue weighted by Crippen LogP contribution is -2.18. The molecule has 2 heteroatoms. The smallest absolute Gasteiger partial charge is 0.308 e. The Morgan fingerprint density at radius 3 is 1.72 bits per heavy atom. The molecule has 0 N–H and O–H groups in total. The zero-order valence-electron chi connectivity index (χ0n) is 17.8. The number of rotatable bonds is 18. The summed E-state index contributed by atoms with van der Waals surface area (Å²) in [5.74, 6) is 0.970. The van der Waals surface area contributed by atoms with Crippen LogP contribution in [0.5, 0.6) is 0 Å². The van der Waals surface area contributed by atoms with Crippen molar-refractivity contribution in [3.63, 3.8) is 0 Å². The van der Waals surface area contributed by atoms with E-state index < -0.39 is 0 Å². The number of hydrogen-bond acceptors (Lipinski definition) is 2. The summed E-state index contributed by atoms with van der Waals surface area (Å²) in [4.78, 5) is 12.4. The van der Waals surface area contributed by atoms with Crippen molar-refractivity contribution in [2.24, 2.45) is 11.8 Å². The molecule has 0 saturated heterocycles. The third kappa shape index (κ3) is 16.7. The van der Waals surface area contributed by atoms with Crippen molar-refractivity contribution in [2.45, 2.75) is 124 Å². The van der Waals surface area contributed by atoms with Crippen molar-refractivity contribution >= 4 is 5.97 Å². The van der Waals surface area contributed by atoms with Gasteiger partial charge >= 0.3 is 5.97 Å². The molecule has 0 radical (unpaired) electrons. The highest BCUT2D eigenvalue weighted by atomic mass is 16.5. The van der Waals surface area contributed by atoms with E-state index in [4.69, 9.17) is 4.74 Å². The van der Waals surface area contributed by atoms with E-state index in [0.717, 1.165) is 25.2 Å². The molecule has 0 fully saturated rings. The third-order valence-electron chi connectivity index (χ3n) is 5.07. The van der Waals surface area contributed by atoms with E-state index in [1.807, 2.05) is 0 Å². The van der Waals surface area contributed by atoms with Gasteiger partial charge in [0.15, 0.2) is 0 Å². The number of esters is 1. The second-order valence-electron chi connectivity index (χ2n) is 8.16. The maximum absolute atomic E-state index is 12.4. The molecule has 0 aromatic carbocycles. The summed E-state index contributed by atoms with van der Waals surface area (Å²) in [7, 11) is 0. The Morgan fingerprint density at radius 2 is 1.16 bits per heavy atom. The van der Waals surface area contributed by atoms with E-state index in [2.05, 4.69) is 27.7 Å². The molecule has 25 heavy (non-hydrogen) atoms. The van der Waals surface area contributed by atoms with Gasteiger partial charge in [-0.15, -0.1) is 0 Å². The van der Waals surface area contributed by atoms with Crippen LogP contribution in [0.3, 0.4) is 0 Å². The largest absolute Gasteiger partial charge is 0.465 e. The molecule has 1 unspecified atom stereocenters. The normalized spacial score (nSPS) is 12.5. The summed E-state index contributed by atoms with van der Waals surface area (Å²) in [6.07, 6.45) is 18.2. The van der Waals surface area contributed by atoms with Crippen molar-refractivity contribution in [1.82, 2.24) is 0 Å². The molecule has 0 aliphatic heterocycles. The van der Waals surface area contributed by atoms with Gasteiger partial charge in [-0.3, -0.25) is 4.79 Å². The Morgan fingerprint density at radius 1 is 0.680 bits per heavy atom. The predicted octanol–water partition coefficient (Wildman–Crippen LogP) is 7.69. The van der Waals surface area contributed by atoms with Gasteiger partial charge in [0.05, 0.1) is 12.5 Å². The van der Waals surface area contributed by atoms with E-state index in [1.165, 1.54) is 77.0 Å². The molecule has 0 aromatic heterocycles. The fourth-order valence-electron chi connectivity index (χ4n) is 3.31. The molecule has 0 bridgehead atoms. The average Bonchev–Trinajstić information content (AvgIpc) is 2.59. The molecule has 0 aliphatic carbocycles. The quantitative estimate of drug-likeness (QED) is 0.186. The molecule has 0 amide bonds. The topological polar surface area (TPSA) is 26.3 Å². The maximum atomic E-state index is 12.4. The molecule has 0 rings (SSSR count). The molecule has 0 aromatic rings. The van der Waals surface area contributed by atoms with Crippen LogP contribution in [0, 0.1) is 11.8 Å². The molecule has 0 spiro atoms. The summed E-state index contributed by atoms with van der Waals surface area (Å²) in [5, 5.41) is 0. The standard InChI is InChI=1S/C23H46O2/c1-5-7-9-11-12-14-19-22(18-13-10-8-6-2)23(24)25-20-16-15-17-21(3)4/h21-22H,5-20H2,1-4H3. The van der Waals surface area contributed by atoms with E-state index in [9.17, 15) is 4.79 Å². The number of carbonyl (C=O) groups excluding carboxylic acids is 1. The average molecular weight is 355 g/mol. The van der Waals surface area contributed by atoms with Crippen LogP contribution in [0.4, 0.5) is 0 Å². The molecular weight excluding hydrogens is 308 g/mol. The van der Waals surface area contributed by atoms with Crippen LogP contribution in [0.15, 0.2) is 0 Å². The van der Waals surface area contributed by atoms with Crippen molar-refractivity contribution in [3.05, 3.63) is 0 Å². The number of carbonyl (C=O) groups is 1. The van der Waals surface area contributed by atoms with Gasteiger partial charge in [-0.1, -0.05) is 98.3 Å². The highest BCUT2D eigenvalue weighted by Crippen LogP contribution is 2.20. The second-order valence-corrected chi connectivity index (χ2v) is 8.16. The first kappa shape index (κ1) is 24.5. The first-order chi connectivity index (χ1) is 12.1. The van der Waals surface area contributed by atoms with Crippen molar-refractivity contribution < 1.29 is 9.53 Å². The zero-order chi connectivity index (χ0) is 18.8. The van der Waals surface area contributed by atoms with E-state index in [0.29, 0.717) is 6.61 Å². The molecule has 0 heterocycles. The van der Waals surface area contributed by atoms with E-state index >= 15 is 0 Å². The predicted molar refractivity (Wildman–Crippen MR) is 110 cm³/mol. The van der Waals surface area contributed by atoms with Crippen LogP contribution < -0.4 is 0 Å². The minimum Gasteiger partial charge on any atom is -0.465 e. The Hall–Kier alpha value is -0.530. The van der Waals surface area contributed by atoms with Crippen molar-refractivity contribution in [2.75, 3.05) is 6.61 Å². The van der Waals surface area contributed by atoms with Gasteiger partial charge in [0.25, 0.3) is 0 Å². The minimum atomic E-state index is 0.0783. The van der Waals surface area contributed by atoms with Crippen LogP contribution in [0.25, 0.3) is 0 Å². The first-order valence-electron chi connectivity index (χ1n) is 11.3. The maximum Gasteiger partial charge on any atom is 0.308 e. The van der Waals surface area contributed by atoms with Gasteiger partial charge in [-0.25, -0.2) is 0 Å². The van der Waals surface area contributed by atoms with Crippen LogP contribution in [0.2, 0.25) is 0 Å². The summed E-state index contributed by atoms with van der Waals surface area (Å²) >= 11 is 0. The summed E-state index contributed by atoms with van der Waals surface area (Å²) < 4.78 is 5.60. The summed E-state index contributed by atoms with van der Waals surface area (Å²) in [6.45, 7) is 9.61.